The number of rotatable bonds is 6. The van der Waals surface area contributed by atoms with Gasteiger partial charge in [0, 0.05) is 39.3 Å². The van der Waals surface area contributed by atoms with Gasteiger partial charge in [0.1, 0.15) is 12.4 Å². The predicted octanol–water partition coefficient (Wildman–Crippen LogP) is 1.03. The second kappa shape index (κ2) is 7.48. The lowest BCUT2D eigenvalue weighted by Crippen LogP contribution is -2.45. The van der Waals surface area contributed by atoms with Gasteiger partial charge in [-0.25, -0.2) is 0 Å². The van der Waals surface area contributed by atoms with Crippen LogP contribution in [0, 0.1) is 0 Å². The van der Waals surface area contributed by atoms with E-state index >= 15 is 0 Å². The van der Waals surface area contributed by atoms with Crippen LogP contribution in [0.15, 0.2) is 24.3 Å². The molecule has 106 valence electrons. The van der Waals surface area contributed by atoms with Crippen molar-refractivity contribution in [2.45, 2.75) is 6.54 Å². The lowest BCUT2D eigenvalue weighted by Gasteiger charge is -2.32. The fourth-order valence-electron chi connectivity index (χ4n) is 2.31. The standard InChI is InChI=1S/C15H25N3O/c1-16-13-14-4-3-5-15(12-14)19-11-10-18-8-6-17(2)7-9-18/h3-5,12,16H,6-11,13H2,1-2H3. The van der Waals surface area contributed by atoms with E-state index in [1.54, 1.807) is 0 Å². The lowest BCUT2D eigenvalue weighted by atomic mass is 10.2. The van der Waals surface area contributed by atoms with E-state index in [9.17, 15) is 0 Å². The summed E-state index contributed by atoms with van der Waals surface area (Å²) in [4.78, 5) is 4.84. The van der Waals surface area contributed by atoms with Gasteiger partial charge in [-0.05, 0) is 31.8 Å². The fourth-order valence-corrected chi connectivity index (χ4v) is 2.31. The number of nitrogens with one attached hydrogen (secondary N) is 1. The van der Waals surface area contributed by atoms with Gasteiger partial charge in [-0.2, -0.15) is 0 Å². The second-order valence-electron chi connectivity index (χ2n) is 5.17. The number of nitrogens with zero attached hydrogens (tertiary/aromatic N) is 2. The van der Waals surface area contributed by atoms with E-state index in [1.807, 2.05) is 13.1 Å². The molecule has 19 heavy (non-hydrogen) atoms. The molecule has 0 unspecified atom stereocenters. The van der Waals surface area contributed by atoms with E-state index in [2.05, 4.69) is 40.4 Å². The van der Waals surface area contributed by atoms with Crippen LogP contribution >= 0.6 is 0 Å². The molecule has 4 heteroatoms. The first-order valence-corrected chi connectivity index (χ1v) is 7.05. The Kier molecular flexibility index (Phi) is 5.63. The molecule has 0 bridgehead atoms. The van der Waals surface area contributed by atoms with E-state index < -0.39 is 0 Å². The molecule has 1 aromatic carbocycles. The summed E-state index contributed by atoms with van der Waals surface area (Å²) in [5.41, 5.74) is 1.26. The van der Waals surface area contributed by atoms with Crippen molar-refractivity contribution in [1.29, 1.82) is 0 Å². The molecule has 0 amide bonds. The van der Waals surface area contributed by atoms with Gasteiger partial charge in [-0.1, -0.05) is 12.1 Å². The number of ether oxygens (including phenoxy) is 1. The van der Waals surface area contributed by atoms with Crippen molar-refractivity contribution in [1.82, 2.24) is 15.1 Å². The lowest BCUT2D eigenvalue weighted by molar-refractivity contribution is 0.133. The minimum atomic E-state index is 0.771. The maximum Gasteiger partial charge on any atom is 0.119 e. The molecular weight excluding hydrogens is 238 g/mol. The van der Waals surface area contributed by atoms with Crippen LogP contribution in [0.25, 0.3) is 0 Å². The molecule has 0 saturated carbocycles. The highest BCUT2D eigenvalue weighted by atomic mass is 16.5. The monoisotopic (exact) mass is 263 g/mol. The predicted molar refractivity (Wildman–Crippen MR) is 78.6 cm³/mol. The Morgan fingerprint density at radius 3 is 2.74 bits per heavy atom. The molecule has 0 radical (unpaired) electrons. The molecule has 1 aliphatic rings. The summed E-state index contributed by atoms with van der Waals surface area (Å²) in [6.45, 7) is 7.31. The first-order valence-electron chi connectivity index (χ1n) is 7.05. The quantitative estimate of drug-likeness (QED) is 0.830. The summed E-state index contributed by atoms with van der Waals surface area (Å²) in [6, 6.07) is 8.31. The molecule has 1 saturated heterocycles. The van der Waals surface area contributed by atoms with E-state index in [4.69, 9.17) is 4.74 Å². The SMILES string of the molecule is CNCc1cccc(OCCN2CCN(C)CC2)c1. The van der Waals surface area contributed by atoms with Gasteiger partial charge in [0.2, 0.25) is 0 Å². The molecule has 0 atom stereocenters. The van der Waals surface area contributed by atoms with Gasteiger partial charge >= 0.3 is 0 Å². The third-order valence-electron chi connectivity index (χ3n) is 3.55. The van der Waals surface area contributed by atoms with E-state index in [-0.39, 0.29) is 0 Å². The molecule has 1 aromatic rings. The highest BCUT2D eigenvalue weighted by Gasteiger charge is 2.13. The molecule has 0 spiro atoms. The highest BCUT2D eigenvalue weighted by molar-refractivity contribution is 5.28. The van der Waals surface area contributed by atoms with Crippen molar-refractivity contribution in [3.63, 3.8) is 0 Å². The van der Waals surface area contributed by atoms with Crippen molar-refractivity contribution in [3.05, 3.63) is 29.8 Å². The molecule has 2 rings (SSSR count). The molecule has 1 fully saturated rings. The summed E-state index contributed by atoms with van der Waals surface area (Å²) in [6.07, 6.45) is 0. The van der Waals surface area contributed by atoms with Crippen LogP contribution in [0.4, 0.5) is 0 Å². The highest BCUT2D eigenvalue weighted by Crippen LogP contribution is 2.13. The maximum atomic E-state index is 5.84. The normalized spacial score (nSPS) is 17.6. The van der Waals surface area contributed by atoms with Crippen LogP contribution in [-0.2, 0) is 6.54 Å². The van der Waals surface area contributed by atoms with Crippen LogP contribution in [0.1, 0.15) is 5.56 Å². The zero-order chi connectivity index (χ0) is 13.5. The Bertz CT molecular complexity index is 375. The van der Waals surface area contributed by atoms with Crippen molar-refractivity contribution in [3.8, 4) is 5.75 Å². The van der Waals surface area contributed by atoms with E-state index in [0.29, 0.717) is 0 Å². The number of likely N-dealkylation sites (N-methyl/N-ethyl adjacent to an activating group) is 1. The molecule has 0 aliphatic carbocycles. The number of hydrogen-bond donors (Lipinski definition) is 1. The molecule has 4 nitrogen and oxygen atoms in total. The minimum Gasteiger partial charge on any atom is -0.492 e. The van der Waals surface area contributed by atoms with Gasteiger partial charge < -0.3 is 15.0 Å². The summed E-state index contributed by atoms with van der Waals surface area (Å²) in [5.74, 6) is 0.974. The summed E-state index contributed by atoms with van der Waals surface area (Å²) in [7, 11) is 4.14. The largest absolute Gasteiger partial charge is 0.492 e. The number of piperazine rings is 1. The van der Waals surface area contributed by atoms with Gasteiger partial charge in [0.25, 0.3) is 0 Å². The van der Waals surface area contributed by atoms with Crippen LogP contribution < -0.4 is 10.1 Å². The van der Waals surface area contributed by atoms with Gasteiger partial charge in [0.15, 0.2) is 0 Å². The smallest absolute Gasteiger partial charge is 0.119 e. The number of benzene rings is 1. The molecule has 0 aromatic heterocycles. The van der Waals surface area contributed by atoms with E-state index in [1.165, 1.54) is 5.56 Å². The Labute approximate surface area is 116 Å². The average Bonchev–Trinajstić information content (AvgIpc) is 2.42. The maximum absolute atomic E-state index is 5.84. The molecular formula is C15H25N3O. The van der Waals surface area contributed by atoms with Gasteiger partial charge in [-0.15, -0.1) is 0 Å². The Balaban J connectivity index is 1.71. The van der Waals surface area contributed by atoms with Gasteiger partial charge in [-0.3, -0.25) is 4.90 Å². The van der Waals surface area contributed by atoms with Crippen LogP contribution in [0.2, 0.25) is 0 Å². The third-order valence-corrected chi connectivity index (χ3v) is 3.55. The van der Waals surface area contributed by atoms with Crippen molar-refractivity contribution in [2.24, 2.45) is 0 Å². The van der Waals surface area contributed by atoms with Crippen molar-refractivity contribution in [2.75, 3.05) is 53.4 Å². The van der Waals surface area contributed by atoms with Gasteiger partial charge in [0.05, 0.1) is 0 Å². The van der Waals surface area contributed by atoms with E-state index in [0.717, 1.165) is 51.6 Å². The molecule has 1 aliphatic heterocycles. The zero-order valence-corrected chi connectivity index (χ0v) is 12.1. The second-order valence-corrected chi connectivity index (χ2v) is 5.17. The third kappa shape index (κ3) is 4.82. The summed E-state index contributed by atoms with van der Waals surface area (Å²) >= 11 is 0. The first-order chi connectivity index (χ1) is 9.28. The first kappa shape index (κ1) is 14.3. The Morgan fingerprint density at radius 1 is 1.21 bits per heavy atom. The zero-order valence-electron chi connectivity index (χ0n) is 12.1. The summed E-state index contributed by atoms with van der Waals surface area (Å²) in [5, 5.41) is 3.15. The minimum absolute atomic E-state index is 0.771. The summed E-state index contributed by atoms with van der Waals surface area (Å²) < 4.78 is 5.84. The van der Waals surface area contributed by atoms with Crippen molar-refractivity contribution < 1.29 is 4.74 Å². The molecule has 1 heterocycles. The number of hydrogen-bond acceptors (Lipinski definition) is 4. The molecule has 1 N–H and O–H groups in total. The van der Waals surface area contributed by atoms with Crippen LogP contribution in [0.3, 0.4) is 0 Å². The van der Waals surface area contributed by atoms with Crippen LogP contribution in [0.5, 0.6) is 5.75 Å². The average molecular weight is 263 g/mol. The fraction of sp³-hybridized carbons (Fsp3) is 0.600. The van der Waals surface area contributed by atoms with Crippen molar-refractivity contribution >= 4 is 0 Å². The topological polar surface area (TPSA) is 27.7 Å². The van der Waals surface area contributed by atoms with Crippen LogP contribution in [-0.4, -0.2) is 63.2 Å². The Hall–Kier alpha value is -1.10. The Morgan fingerprint density at radius 2 is 2.00 bits per heavy atom.